The smallest absolute Gasteiger partial charge is 0.0722 e. The molecule has 3 nitrogen and oxygen atoms in total. The fraction of sp³-hybridized carbons (Fsp3) is 0.308. The molecule has 0 radical (unpaired) electrons. The van der Waals surface area contributed by atoms with Gasteiger partial charge in [0.15, 0.2) is 0 Å². The topological polar surface area (TPSA) is 42.1 Å². The molecule has 1 saturated heterocycles. The quantitative estimate of drug-likeness (QED) is 0.824. The molecule has 0 atom stereocenters. The van der Waals surface area contributed by atoms with Gasteiger partial charge in [-0.2, -0.15) is 0 Å². The van der Waals surface area contributed by atoms with Gasteiger partial charge in [0, 0.05) is 36.3 Å². The minimum absolute atomic E-state index is 0.659. The SMILES string of the molecule is NCC1CN(c2ccnc3ccccc23)C1. The van der Waals surface area contributed by atoms with Gasteiger partial charge in [0.2, 0.25) is 0 Å². The molecule has 2 aromatic rings. The van der Waals surface area contributed by atoms with Crippen molar-refractivity contribution in [2.24, 2.45) is 11.7 Å². The molecule has 3 heteroatoms. The van der Waals surface area contributed by atoms with E-state index in [1.807, 2.05) is 12.3 Å². The van der Waals surface area contributed by atoms with Crippen molar-refractivity contribution in [1.82, 2.24) is 4.98 Å². The van der Waals surface area contributed by atoms with Crippen LogP contribution in [0.15, 0.2) is 36.5 Å². The number of rotatable bonds is 2. The maximum absolute atomic E-state index is 5.65. The third-order valence-corrected chi connectivity index (χ3v) is 3.26. The van der Waals surface area contributed by atoms with Gasteiger partial charge >= 0.3 is 0 Å². The first kappa shape index (κ1) is 9.60. The van der Waals surface area contributed by atoms with E-state index in [1.54, 1.807) is 0 Å². The highest BCUT2D eigenvalue weighted by Crippen LogP contribution is 2.30. The first-order chi connectivity index (χ1) is 7.88. The zero-order chi connectivity index (χ0) is 11.0. The molecule has 1 aliphatic heterocycles. The number of hydrogen-bond acceptors (Lipinski definition) is 3. The summed E-state index contributed by atoms with van der Waals surface area (Å²) in [6.07, 6.45) is 1.88. The van der Waals surface area contributed by atoms with Crippen molar-refractivity contribution in [3.8, 4) is 0 Å². The maximum Gasteiger partial charge on any atom is 0.0722 e. The fourth-order valence-electron chi connectivity index (χ4n) is 2.27. The molecule has 16 heavy (non-hydrogen) atoms. The summed E-state index contributed by atoms with van der Waals surface area (Å²) >= 11 is 0. The van der Waals surface area contributed by atoms with Crippen LogP contribution >= 0.6 is 0 Å². The normalized spacial score (nSPS) is 16.4. The molecule has 0 unspecified atom stereocenters. The van der Waals surface area contributed by atoms with Gasteiger partial charge in [0.25, 0.3) is 0 Å². The number of anilines is 1. The average Bonchev–Trinajstić information content (AvgIpc) is 2.28. The number of hydrogen-bond donors (Lipinski definition) is 1. The molecular formula is C13H15N3. The Labute approximate surface area is 94.9 Å². The fourth-order valence-corrected chi connectivity index (χ4v) is 2.27. The Bertz CT molecular complexity index is 498. The summed E-state index contributed by atoms with van der Waals surface area (Å²) in [5.74, 6) is 0.659. The number of pyridine rings is 1. The minimum atomic E-state index is 0.659. The van der Waals surface area contributed by atoms with Crippen LogP contribution in [0.25, 0.3) is 10.9 Å². The lowest BCUT2D eigenvalue weighted by molar-refractivity contribution is 0.421. The van der Waals surface area contributed by atoms with Gasteiger partial charge in [0.1, 0.15) is 0 Å². The third-order valence-electron chi connectivity index (χ3n) is 3.26. The zero-order valence-corrected chi connectivity index (χ0v) is 9.13. The summed E-state index contributed by atoms with van der Waals surface area (Å²) in [7, 11) is 0. The lowest BCUT2D eigenvalue weighted by atomic mass is 9.98. The van der Waals surface area contributed by atoms with Gasteiger partial charge in [0.05, 0.1) is 5.52 Å². The maximum atomic E-state index is 5.65. The van der Waals surface area contributed by atoms with Crippen LogP contribution in [0.3, 0.4) is 0 Å². The second-order valence-electron chi connectivity index (χ2n) is 4.35. The van der Waals surface area contributed by atoms with Crippen LogP contribution in [-0.2, 0) is 0 Å². The summed E-state index contributed by atoms with van der Waals surface area (Å²) in [4.78, 5) is 6.75. The van der Waals surface area contributed by atoms with E-state index in [4.69, 9.17) is 5.73 Å². The van der Waals surface area contributed by atoms with Crippen LogP contribution in [0.1, 0.15) is 0 Å². The van der Waals surface area contributed by atoms with Crippen LogP contribution in [0.4, 0.5) is 5.69 Å². The van der Waals surface area contributed by atoms with E-state index < -0.39 is 0 Å². The monoisotopic (exact) mass is 213 g/mol. The van der Waals surface area contributed by atoms with Gasteiger partial charge < -0.3 is 10.6 Å². The van der Waals surface area contributed by atoms with Crippen molar-refractivity contribution in [3.63, 3.8) is 0 Å². The van der Waals surface area contributed by atoms with E-state index in [1.165, 1.54) is 11.1 Å². The molecule has 2 heterocycles. The van der Waals surface area contributed by atoms with Crippen LogP contribution < -0.4 is 10.6 Å². The summed E-state index contributed by atoms with van der Waals surface area (Å²) in [5, 5.41) is 1.24. The lowest BCUT2D eigenvalue weighted by Crippen LogP contribution is -2.50. The number of fused-ring (bicyclic) bond motifs is 1. The van der Waals surface area contributed by atoms with E-state index in [-0.39, 0.29) is 0 Å². The molecule has 1 aliphatic rings. The second kappa shape index (κ2) is 3.76. The van der Waals surface area contributed by atoms with E-state index in [2.05, 4.69) is 34.1 Å². The van der Waals surface area contributed by atoms with E-state index in [0.29, 0.717) is 5.92 Å². The molecule has 2 N–H and O–H groups in total. The Hall–Kier alpha value is -1.61. The van der Waals surface area contributed by atoms with Crippen molar-refractivity contribution >= 4 is 16.6 Å². The third kappa shape index (κ3) is 1.44. The van der Waals surface area contributed by atoms with Gasteiger partial charge in [-0.3, -0.25) is 4.98 Å². The molecule has 82 valence electrons. The average molecular weight is 213 g/mol. The molecular weight excluding hydrogens is 198 g/mol. The van der Waals surface area contributed by atoms with Crippen LogP contribution in [-0.4, -0.2) is 24.6 Å². The van der Waals surface area contributed by atoms with Crippen molar-refractivity contribution in [1.29, 1.82) is 0 Å². The number of para-hydroxylation sites is 1. The Balaban J connectivity index is 1.98. The predicted molar refractivity (Wildman–Crippen MR) is 66.5 cm³/mol. The molecule has 1 aromatic carbocycles. The van der Waals surface area contributed by atoms with E-state index in [9.17, 15) is 0 Å². The number of aromatic nitrogens is 1. The molecule has 0 saturated carbocycles. The Kier molecular flexibility index (Phi) is 2.26. The lowest BCUT2D eigenvalue weighted by Gasteiger charge is -2.41. The predicted octanol–water partition coefficient (Wildman–Crippen LogP) is 1.63. The molecule has 0 spiro atoms. The summed E-state index contributed by atoms with van der Waals surface area (Å²) < 4.78 is 0. The molecule has 0 aliphatic carbocycles. The second-order valence-corrected chi connectivity index (χ2v) is 4.35. The number of benzene rings is 1. The van der Waals surface area contributed by atoms with Crippen molar-refractivity contribution in [3.05, 3.63) is 36.5 Å². The molecule has 0 amide bonds. The summed E-state index contributed by atoms with van der Waals surface area (Å²) in [6.45, 7) is 2.94. The Morgan fingerprint density at radius 2 is 2.06 bits per heavy atom. The van der Waals surface area contributed by atoms with Crippen molar-refractivity contribution in [2.45, 2.75) is 0 Å². The molecule has 3 rings (SSSR count). The van der Waals surface area contributed by atoms with E-state index >= 15 is 0 Å². The van der Waals surface area contributed by atoms with Gasteiger partial charge in [-0.1, -0.05) is 18.2 Å². The minimum Gasteiger partial charge on any atom is -0.370 e. The highest BCUT2D eigenvalue weighted by molar-refractivity contribution is 5.91. The molecule has 1 fully saturated rings. The first-order valence-corrected chi connectivity index (χ1v) is 5.67. The van der Waals surface area contributed by atoms with Crippen LogP contribution in [0.2, 0.25) is 0 Å². The zero-order valence-electron chi connectivity index (χ0n) is 9.13. The van der Waals surface area contributed by atoms with Crippen LogP contribution in [0.5, 0.6) is 0 Å². The highest BCUT2D eigenvalue weighted by atomic mass is 15.2. The largest absolute Gasteiger partial charge is 0.370 e. The summed E-state index contributed by atoms with van der Waals surface area (Å²) in [6, 6.07) is 10.4. The van der Waals surface area contributed by atoms with Gasteiger partial charge in [-0.05, 0) is 18.7 Å². The molecule has 1 aromatic heterocycles. The van der Waals surface area contributed by atoms with Crippen molar-refractivity contribution in [2.75, 3.05) is 24.5 Å². The Morgan fingerprint density at radius 1 is 1.25 bits per heavy atom. The standard InChI is InChI=1S/C13H15N3/c14-7-10-8-16(9-10)13-5-6-15-12-4-2-1-3-11(12)13/h1-6,10H,7-9,14H2. The highest BCUT2D eigenvalue weighted by Gasteiger charge is 2.26. The van der Waals surface area contributed by atoms with Gasteiger partial charge in [-0.15, -0.1) is 0 Å². The molecule has 0 bridgehead atoms. The van der Waals surface area contributed by atoms with Gasteiger partial charge in [-0.25, -0.2) is 0 Å². The van der Waals surface area contributed by atoms with Crippen molar-refractivity contribution < 1.29 is 0 Å². The first-order valence-electron chi connectivity index (χ1n) is 5.67. The number of nitrogens with zero attached hydrogens (tertiary/aromatic N) is 2. The van der Waals surface area contributed by atoms with Crippen LogP contribution in [0, 0.1) is 5.92 Å². The van der Waals surface area contributed by atoms with E-state index in [0.717, 1.165) is 25.2 Å². The Morgan fingerprint density at radius 3 is 2.88 bits per heavy atom. The number of nitrogens with two attached hydrogens (primary N) is 1. The summed E-state index contributed by atoms with van der Waals surface area (Å²) in [5.41, 5.74) is 8.00.